The van der Waals surface area contributed by atoms with E-state index < -0.39 is 35.9 Å². The lowest BCUT2D eigenvalue weighted by atomic mass is 9.79. The molecule has 7 nitrogen and oxygen atoms in total. The lowest BCUT2D eigenvalue weighted by molar-refractivity contribution is -0.167. The number of carbonyl (C=O) groups is 2. The minimum Gasteiger partial charge on any atom is -0.460 e. The van der Waals surface area contributed by atoms with Crippen LogP contribution in [0.5, 0.6) is 0 Å². The molecular weight excluding hydrogens is 351 g/mol. The summed E-state index contributed by atoms with van der Waals surface area (Å²) in [4.78, 5) is 23.2. The number of hydrogen-bond acceptors (Lipinski definition) is 7. The van der Waals surface area contributed by atoms with E-state index in [4.69, 9.17) is 23.5 Å². The third-order valence-electron chi connectivity index (χ3n) is 5.39. The van der Waals surface area contributed by atoms with Gasteiger partial charge in [-0.05, 0) is 45.6 Å². The molecule has 1 aromatic carbocycles. The first-order valence-electron chi connectivity index (χ1n) is 8.94. The van der Waals surface area contributed by atoms with E-state index in [9.17, 15) is 9.59 Å². The third-order valence-corrected chi connectivity index (χ3v) is 5.39. The molecule has 2 fully saturated rings. The molecule has 0 N–H and O–H groups in total. The predicted octanol–water partition coefficient (Wildman–Crippen LogP) is 2.20. The van der Waals surface area contributed by atoms with Crippen molar-refractivity contribution in [2.45, 2.75) is 52.4 Å². The smallest absolute Gasteiger partial charge is 0.460 e. The molecule has 1 aromatic rings. The molecule has 3 rings (SSSR count). The largest absolute Gasteiger partial charge is 0.508 e. The van der Waals surface area contributed by atoms with Crippen LogP contribution in [0.2, 0.25) is 0 Å². The van der Waals surface area contributed by atoms with Crippen molar-refractivity contribution >= 4 is 24.7 Å². The molecule has 8 heteroatoms. The first-order valence-corrected chi connectivity index (χ1v) is 8.94. The van der Waals surface area contributed by atoms with Gasteiger partial charge in [0.25, 0.3) is 0 Å². The van der Waals surface area contributed by atoms with E-state index in [2.05, 4.69) is 0 Å². The molecule has 2 aliphatic rings. The molecule has 146 valence electrons. The van der Waals surface area contributed by atoms with Crippen LogP contribution in [0.25, 0.3) is 0 Å². The van der Waals surface area contributed by atoms with Crippen LogP contribution in [0.3, 0.4) is 0 Å². The second kappa shape index (κ2) is 6.84. The van der Waals surface area contributed by atoms with Crippen LogP contribution in [0.15, 0.2) is 24.3 Å². The maximum atomic E-state index is 12.3. The number of ether oxygens (including phenoxy) is 3. The zero-order valence-electron chi connectivity index (χ0n) is 16.4. The van der Waals surface area contributed by atoms with Crippen molar-refractivity contribution < 1.29 is 33.1 Å². The lowest BCUT2D eigenvalue weighted by Crippen LogP contribution is -2.44. The third kappa shape index (κ3) is 3.96. The van der Waals surface area contributed by atoms with Crippen LogP contribution < -0.4 is 5.46 Å². The summed E-state index contributed by atoms with van der Waals surface area (Å²) in [7, 11) is -0.431. The molecule has 2 saturated heterocycles. The maximum Gasteiger partial charge on any atom is 0.508 e. The summed E-state index contributed by atoms with van der Waals surface area (Å²) in [6, 6.07) is 7.54. The van der Waals surface area contributed by atoms with Crippen LogP contribution >= 0.6 is 0 Å². The van der Waals surface area contributed by atoms with Crippen LogP contribution in [0.1, 0.15) is 40.2 Å². The van der Waals surface area contributed by atoms with E-state index >= 15 is 0 Å². The fourth-order valence-electron chi connectivity index (χ4n) is 2.71. The van der Waals surface area contributed by atoms with Crippen molar-refractivity contribution in [3.63, 3.8) is 0 Å². The molecule has 0 atom stereocenters. The van der Waals surface area contributed by atoms with Crippen LogP contribution in [0, 0.1) is 5.41 Å². The molecule has 2 aliphatic heterocycles. The molecule has 0 amide bonds. The zero-order valence-corrected chi connectivity index (χ0v) is 16.4. The number of benzene rings is 1. The SMILES string of the molecule is CC1(C(=O)OCc2ccc(B3OC(C)(C)C(C)(C)O3)cc2)COC(=O)OC1. The molecule has 0 saturated carbocycles. The molecule has 0 unspecified atom stereocenters. The van der Waals surface area contributed by atoms with Gasteiger partial charge in [-0.3, -0.25) is 4.79 Å². The van der Waals surface area contributed by atoms with Gasteiger partial charge >= 0.3 is 19.2 Å². The first-order chi connectivity index (χ1) is 12.5. The fraction of sp³-hybridized carbons (Fsp3) is 0.579. The Morgan fingerprint density at radius 3 is 2.04 bits per heavy atom. The highest BCUT2D eigenvalue weighted by Gasteiger charge is 2.51. The quantitative estimate of drug-likeness (QED) is 0.589. The van der Waals surface area contributed by atoms with Gasteiger partial charge in [0.15, 0.2) is 0 Å². The first kappa shape index (κ1) is 19.7. The Balaban J connectivity index is 1.57. The van der Waals surface area contributed by atoms with Crippen LogP contribution in [0.4, 0.5) is 4.79 Å². The molecule has 0 spiro atoms. The summed E-state index contributed by atoms with van der Waals surface area (Å²) in [5.74, 6) is -0.468. The summed E-state index contributed by atoms with van der Waals surface area (Å²) < 4.78 is 27.0. The van der Waals surface area contributed by atoms with Gasteiger partial charge in [-0.15, -0.1) is 0 Å². The van der Waals surface area contributed by atoms with Gasteiger partial charge in [0.2, 0.25) is 0 Å². The minimum atomic E-state index is -0.990. The number of esters is 1. The highest BCUT2D eigenvalue weighted by molar-refractivity contribution is 6.62. The molecule has 0 bridgehead atoms. The van der Waals surface area contributed by atoms with Crippen molar-refractivity contribution in [3.05, 3.63) is 29.8 Å². The van der Waals surface area contributed by atoms with Gasteiger partial charge in [-0.25, -0.2) is 4.79 Å². The normalized spacial score (nSPS) is 22.7. The Bertz CT molecular complexity index is 700. The van der Waals surface area contributed by atoms with E-state index in [0.29, 0.717) is 0 Å². The van der Waals surface area contributed by atoms with Crippen molar-refractivity contribution in [3.8, 4) is 0 Å². The molecule has 0 aliphatic carbocycles. The zero-order chi connectivity index (χ0) is 19.9. The maximum absolute atomic E-state index is 12.3. The standard InChI is InChI=1S/C19H25BO7/c1-17(2)18(3,4)27-20(26-17)14-8-6-13(7-9-14)10-23-15(21)19(5)11-24-16(22)25-12-19/h6-9H,10-12H2,1-5H3. The lowest BCUT2D eigenvalue weighted by Gasteiger charge is -2.32. The highest BCUT2D eigenvalue weighted by atomic mass is 16.7. The topological polar surface area (TPSA) is 80.3 Å². The van der Waals surface area contributed by atoms with Crippen molar-refractivity contribution in [1.82, 2.24) is 0 Å². The van der Waals surface area contributed by atoms with Gasteiger partial charge < -0.3 is 23.5 Å². The van der Waals surface area contributed by atoms with Gasteiger partial charge in [-0.1, -0.05) is 24.3 Å². The van der Waals surface area contributed by atoms with Gasteiger partial charge in [0.1, 0.15) is 25.2 Å². The van der Waals surface area contributed by atoms with E-state index in [-0.39, 0.29) is 19.8 Å². The Morgan fingerprint density at radius 2 is 1.52 bits per heavy atom. The monoisotopic (exact) mass is 376 g/mol. The second-order valence-corrected chi connectivity index (χ2v) is 8.29. The van der Waals surface area contributed by atoms with Crippen LogP contribution in [-0.2, 0) is 34.9 Å². The summed E-state index contributed by atoms with van der Waals surface area (Å²) in [5.41, 5.74) is -0.0415. The molecule has 0 aromatic heterocycles. The van der Waals surface area contributed by atoms with E-state index in [1.165, 1.54) is 0 Å². The minimum absolute atomic E-state index is 0.0501. The van der Waals surface area contributed by atoms with Gasteiger partial charge in [-0.2, -0.15) is 0 Å². The van der Waals surface area contributed by atoms with E-state index in [1.54, 1.807) is 6.92 Å². The van der Waals surface area contributed by atoms with E-state index in [0.717, 1.165) is 11.0 Å². The van der Waals surface area contributed by atoms with E-state index in [1.807, 2.05) is 52.0 Å². The summed E-state index contributed by atoms with van der Waals surface area (Å²) >= 11 is 0. The van der Waals surface area contributed by atoms with Crippen molar-refractivity contribution in [1.29, 1.82) is 0 Å². The number of carbonyl (C=O) groups excluding carboxylic acids is 2. The Kier molecular flexibility index (Phi) is 4.99. The van der Waals surface area contributed by atoms with Crippen LogP contribution in [-0.4, -0.2) is 43.7 Å². The highest BCUT2D eigenvalue weighted by Crippen LogP contribution is 2.36. The predicted molar refractivity (Wildman–Crippen MR) is 97.4 cm³/mol. The van der Waals surface area contributed by atoms with Crippen molar-refractivity contribution in [2.75, 3.05) is 13.2 Å². The summed E-state index contributed by atoms with van der Waals surface area (Å²) in [5, 5.41) is 0. The van der Waals surface area contributed by atoms with Gasteiger partial charge in [0, 0.05) is 0 Å². The molecule has 27 heavy (non-hydrogen) atoms. The van der Waals surface area contributed by atoms with Crippen molar-refractivity contribution in [2.24, 2.45) is 5.41 Å². The Hall–Kier alpha value is -2.06. The molecule has 0 radical (unpaired) electrons. The summed E-state index contributed by atoms with van der Waals surface area (Å²) in [6.45, 7) is 9.69. The number of hydrogen-bond donors (Lipinski definition) is 0. The average molecular weight is 376 g/mol. The number of cyclic esters (lactones) is 2. The Labute approximate surface area is 159 Å². The average Bonchev–Trinajstić information content (AvgIpc) is 2.83. The second-order valence-electron chi connectivity index (χ2n) is 8.29. The molecule has 2 heterocycles. The Morgan fingerprint density at radius 1 is 1.00 bits per heavy atom. The van der Waals surface area contributed by atoms with Gasteiger partial charge in [0.05, 0.1) is 11.2 Å². The fourth-order valence-corrected chi connectivity index (χ4v) is 2.71. The number of rotatable bonds is 4. The summed E-state index contributed by atoms with van der Waals surface area (Å²) in [6.07, 6.45) is -0.765. The molecular formula is C19H25BO7.